The molecule has 0 saturated heterocycles. The van der Waals surface area contributed by atoms with Crippen LogP contribution >= 0.6 is 0 Å². The highest BCUT2D eigenvalue weighted by atomic mass is 19.4. The van der Waals surface area contributed by atoms with Crippen LogP contribution in [0.3, 0.4) is 0 Å². The van der Waals surface area contributed by atoms with E-state index in [0.29, 0.717) is 0 Å². The normalized spacial score (nSPS) is 19.7. The summed E-state index contributed by atoms with van der Waals surface area (Å²) < 4.78 is 39.3. The fourth-order valence-electron chi connectivity index (χ4n) is 3.18. The van der Waals surface area contributed by atoms with Crippen LogP contribution in [-0.2, 0) is 11.9 Å². The number of benzene rings is 2. The Labute approximate surface area is 145 Å². The van der Waals surface area contributed by atoms with Gasteiger partial charge in [0.1, 0.15) is 0 Å². The van der Waals surface area contributed by atoms with Gasteiger partial charge in [-0.15, -0.1) is 0 Å². The van der Waals surface area contributed by atoms with Crippen molar-refractivity contribution in [1.82, 2.24) is 9.97 Å². The summed E-state index contributed by atoms with van der Waals surface area (Å²) in [6.45, 7) is 0. The second kappa shape index (κ2) is 5.43. The molecule has 132 valence electrons. The Morgan fingerprint density at radius 2 is 1.88 bits per heavy atom. The van der Waals surface area contributed by atoms with Crippen LogP contribution in [0.25, 0.3) is 0 Å². The maximum absolute atomic E-state index is 13.1. The fourth-order valence-corrected chi connectivity index (χ4v) is 3.18. The van der Waals surface area contributed by atoms with Crippen molar-refractivity contribution in [2.45, 2.75) is 11.9 Å². The highest BCUT2D eigenvalue weighted by molar-refractivity contribution is 6.12. The summed E-state index contributed by atoms with van der Waals surface area (Å²) in [5, 5.41) is 11.4. The SMILES string of the molecule is O=C1c2ccccc2C(O)(c2ncc[nH]2)N1c1cccc(C(F)(F)F)c1. The Balaban J connectivity index is 1.95. The van der Waals surface area contributed by atoms with Crippen LogP contribution in [0, 0.1) is 0 Å². The molecule has 2 N–H and O–H groups in total. The minimum atomic E-state index is -4.57. The first-order valence-corrected chi connectivity index (χ1v) is 7.67. The van der Waals surface area contributed by atoms with Gasteiger partial charge in [-0.25, -0.2) is 4.98 Å². The van der Waals surface area contributed by atoms with Crippen molar-refractivity contribution in [1.29, 1.82) is 0 Å². The largest absolute Gasteiger partial charge is 0.416 e. The maximum atomic E-state index is 13.1. The topological polar surface area (TPSA) is 69.2 Å². The van der Waals surface area contributed by atoms with E-state index in [4.69, 9.17) is 0 Å². The quantitative estimate of drug-likeness (QED) is 0.738. The predicted molar refractivity (Wildman–Crippen MR) is 86.3 cm³/mol. The summed E-state index contributed by atoms with van der Waals surface area (Å²) in [6.07, 6.45) is -1.72. The Kier molecular flexibility index (Phi) is 3.42. The zero-order chi connectivity index (χ0) is 18.5. The van der Waals surface area contributed by atoms with Crippen LogP contribution in [0.4, 0.5) is 18.9 Å². The number of carbonyl (C=O) groups is 1. The van der Waals surface area contributed by atoms with Gasteiger partial charge in [0.25, 0.3) is 5.91 Å². The molecule has 26 heavy (non-hydrogen) atoms. The fraction of sp³-hybridized carbons (Fsp3) is 0.111. The van der Waals surface area contributed by atoms with Gasteiger partial charge in [-0.05, 0) is 24.3 Å². The number of aromatic nitrogens is 2. The number of alkyl halides is 3. The lowest BCUT2D eigenvalue weighted by Gasteiger charge is -2.32. The summed E-state index contributed by atoms with van der Waals surface area (Å²) in [4.78, 5) is 20.6. The molecule has 0 radical (unpaired) electrons. The smallest absolute Gasteiger partial charge is 0.360 e. The molecule has 1 atom stereocenters. The first-order valence-electron chi connectivity index (χ1n) is 7.67. The van der Waals surface area contributed by atoms with Crippen molar-refractivity contribution in [3.8, 4) is 0 Å². The summed E-state index contributed by atoms with van der Waals surface area (Å²) in [6, 6.07) is 10.6. The number of hydrogen-bond acceptors (Lipinski definition) is 3. The van der Waals surface area contributed by atoms with Crippen molar-refractivity contribution in [3.05, 3.63) is 83.4 Å². The zero-order valence-corrected chi connectivity index (χ0v) is 13.2. The van der Waals surface area contributed by atoms with E-state index in [-0.39, 0.29) is 22.6 Å². The highest BCUT2D eigenvalue weighted by Gasteiger charge is 2.52. The van der Waals surface area contributed by atoms with Gasteiger partial charge in [0.15, 0.2) is 5.82 Å². The Hall–Kier alpha value is -3.13. The molecule has 2 aromatic carbocycles. The third-order valence-electron chi connectivity index (χ3n) is 4.32. The molecule has 0 fully saturated rings. The van der Waals surface area contributed by atoms with Crippen molar-refractivity contribution in [2.24, 2.45) is 0 Å². The lowest BCUT2D eigenvalue weighted by Crippen LogP contribution is -2.46. The molecule has 8 heteroatoms. The van der Waals surface area contributed by atoms with E-state index in [1.807, 2.05) is 0 Å². The lowest BCUT2D eigenvalue weighted by atomic mass is 10.0. The van der Waals surface area contributed by atoms with Crippen LogP contribution in [-0.4, -0.2) is 21.0 Å². The van der Waals surface area contributed by atoms with Crippen molar-refractivity contribution in [3.63, 3.8) is 0 Å². The molecule has 0 aliphatic carbocycles. The molecule has 0 bridgehead atoms. The number of aromatic amines is 1. The van der Waals surface area contributed by atoms with E-state index in [1.54, 1.807) is 18.2 Å². The summed E-state index contributed by atoms with van der Waals surface area (Å²) >= 11 is 0. The monoisotopic (exact) mass is 359 g/mol. The third-order valence-corrected chi connectivity index (χ3v) is 4.32. The molecule has 0 saturated carbocycles. The lowest BCUT2D eigenvalue weighted by molar-refractivity contribution is -0.137. The molecule has 1 amide bonds. The van der Waals surface area contributed by atoms with Gasteiger partial charge in [0, 0.05) is 29.2 Å². The van der Waals surface area contributed by atoms with Crippen molar-refractivity contribution in [2.75, 3.05) is 4.90 Å². The molecule has 3 aromatic rings. The standard InChI is InChI=1S/C18H12F3N3O2/c19-18(20,21)11-4-3-5-12(10-11)24-15(25)13-6-1-2-7-14(13)17(24,26)16-22-8-9-23-16/h1-10,26H,(H,22,23). The number of halogens is 3. The van der Waals surface area contributed by atoms with Gasteiger partial charge >= 0.3 is 6.18 Å². The van der Waals surface area contributed by atoms with Crippen LogP contribution in [0.15, 0.2) is 60.9 Å². The Bertz CT molecular complexity index is 985. The van der Waals surface area contributed by atoms with E-state index in [9.17, 15) is 23.1 Å². The van der Waals surface area contributed by atoms with E-state index < -0.39 is 23.4 Å². The molecular formula is C18H12F3N3O2. The number of nitrogens with one attached hydrogen (secondary N) is 1. The van der Waals surface area contributed by atoms with Crippen LogP contribution in [0.5, 0.6) is 0 Å². The van der Waals surface area contributed by atoms with Crippen LogP contribution in [0.1, 0.15) is 27.3 Å². The van der Waals surface area contributed by atoms with E-state index in [1.165, 1.54) is 30.6 Å². The predicted octanol–water partition coefficient (Wildman–Crippen LogP) is 3.28. The number of amides is 1. The minimum absolute atomic E-state index is 0.0354. The molecule has 4 rings (SSSR count). The average molecular weight is 359 g/mol. The van der Waals surface area contributed by atoms with Gasteiger partial charge in [0.05, 0.1) is 5.56 Å². The van der Waals surface area contributed by atoms with Gasteiger partial charge in [0.2, 0.25) is 5.72 Å². The number of aliphatic hydroxyl groups is 1. The summed E-state index contributed by atoms with van der Waals surface area (Å²) in [5.41, 5.74) is -2.59. The molecule has 0 spiro atoms. The molecule has 1 unspecified atom stereocenters. The second-order valence-corrected chi connectivity index (χ2v) is 5.84. The first-order chi connectivity index (χ1) is 12.3. The maximum Gasteiger partial charge on any atom is 0.416 e. The average Bonchev–Trinajstić information content (AvgIpc) is 3.22. The van der Waals surface area contributed by atoms with Gasteiger partial charge in [-0.1, -0.05) is 24.3 Å². The zero-order valence-electron chi connectivity index (χ0n) is 13.2. The second-order valence-electron chi connectivity index (χ2n) is 5.84. The summed E-state index contributed by atoms with van der Waals surface area (Å²) in [5.74, 6) is -0.577. The number of anilines is 1. The molecule has 1 aliphatic heterocycles. The number of nitrogens with zero attached hydrogens (tertiary/aromatic N) is 2. The highest BCUT2D eigenvalue weighted by Crippen LogP contribution is 2.44. The molecule has 1 aliphatic rings. The van der Waals surface area contributed by atoms with Crippen LogP contribution < -0.4 is 4.90 Å². The number of rotatable bonds is 2. The Morgan fingerprint density at radius 1 is 1.12 bits per heavy atom. The van der Waals surface area contributed by atoms with Crippen molar-refractivity contribution >= 4 is 11.6 Å². The Morgan fingerprint density at radius 3 is 2.58 bits per heavy atom. The third kappa shape index (κ3) is 2.22. The molecule has 2 heterocycles. The van der Waals surface area contributed by atoms with E-state index in [0.717, 1.165) is 17.0 Å². The number of carbonyl (C=O) groups excluding carboxylic acids is 1. The molecule has 1 aromatic heterocycles. The number of fused-ring (bicyclic) bond motifs is 1. The minimum Gasteiger partial charge on any atom is -0.360 e. The van der Waals surface area contributed by atoms with Gasteiger partial charge < -0.3 is 10.1 Å². The van der Waals surface area contributed by atoms with Crippen molar-refractivity contribution < 1.29 is 23.1 Å². The molecular weight excluding hydrogens is 347 g/mol. The van der Waals surface area contributed by atoms with E-state index >= 15 is 0 Å². The number of hydrogen-bond donors (Lipinski definition) is 2. The first kappa shape index (κ1) is 16.3. The number of imidazole rings is 1. The summed E-state index contributed by atoms with van der Waals surface area (Å²) in [7, 11) is 0. The van der Waals surface area contributed by atoms with Crippen LogP contribution in [0.2, 0.25) is 0 Å². The van der Waals surface area contributed by atoms with Gasteiger partial charge in [-0.2, -0.15) is 13.2 Å². The van der Waals surface area contributed by atoms with E-state index in [2.05, 4.69) is 9.97 Å². The van der Waals surface area contributed by atoms with Gasteiger partial charge in [-0.3, -0.25) is 9.69 Å². The molecule has 5 nitrogen and oxygen atoms in total. The number of H-pyrrole nitrogens is 1.